The first-order valence-corrected chi connectivity index (χ1v) is 8.38. The molecule has 1 aromatic rings. The van der Waals surface area contributed by atoms with Crippen LogP contribution in [0.3, 0.4) is 0 Å². The van der Waals surface area contributed by atoms with Gasteiger partial charge < -0.3 is 13.3 Å². The molecule has 0 aliphatic heterocycles. The first kappa shape index (κ1) is 14.9. The zero-order chi connectivity index (χ0) is 12.7. The van der Waals surface area contributed by atoms with Crippen LogP contribution in [0.4, 0.5) is 0 Å². The molecule has 0 unspecified atom stereocenters. The maximum Gasteiger partial charge on any atom is 0.538 e. The van der Waals surface area contributed by atoms with Crippen molar-refractivity contribution in [3.05, 3.63) is 28.7 Å². The number of benzene rings is 1. The Morgan fingerprint density at radius 1 is 0.941 bits per heavy atom. The van der Waals surface area contributed by atoms with Crippen molar-refractivity contribution in [3.8, 4) is 0 Å². The maximum absolute atomic E-state index is 5.84. The summed E-state index contributed by atoms with van der Waals surface area (Å²) in [7, 11) is -2.76. The molecule has 0 bridgehead atoms. The monoisotopic (exact) mass is 318 g/mol. The molecule has 0 spiro atoms. The third kappa shape index (κ3) is 3.63. The van der Waals surface area contributed by atoms with Gasteiger partial charge in [-0.05, 0) is 26.8 Å². The fraction of sp³-hybridized carbons (Fsp3) is 0.500. The van der Waals surface area contributed by atoms with E-state index in [-0.39, 0.29) is 0 Å². The van der Waals surface area contributed by atoms with E-state index in [0.29, 0.717) is 19.8 Å². The standard InChI is InChI=1S/C12H19BrO3Si/c1-4-14-17(15-5-2,16-6-3)12-10-8-7-9-11(12)13/h7-10H,4-6H2,1-3H3. The van der Waals surface area contributed by atoms with E-state index in [1.807, 2.05) is 45.0 Å². The van der Waals surface area contributed by atoms with E-state index in [1.165, 1.54) is 0 Å². The average Bonchev–Trinajstić information content (AvgIpc) is 2.30. The molecule has 0 atom stereocenters. The number of hydrogen-bond acceptors (Lipinski definition) is 3. The molecule has 1 rings (SSSR count). The van der Waals surface area contributed by atoms with Gasteiger partial charge in [0, 0.05) is 29.5 Å². The first-order chi connectivity index (χ1) is 8.20. The van der Waals surface area contributed by atoms with E-state index < -0.39 is 8.80 Å². The minimum Gasteiger partial charge on any atom is -0.370 e. The number of rotatable bonds is 7. The Balaban J connectivity index is 3.14. The molecule has 0 saturated heterocycles. The van der Waals surface area contributed by atoms with Crippen LogP contribution in [0.1, 0.15) is 20.8 Å². The Kier molecular flexibility index (Phi) is 6.36. The van der Waals surface area contributed by atoms with Gasteiger partial charge in [0.15, 0.2) is 0 Å². The Morgan fingerprint density at radius 3 is 1.82 bits per heavy atom. The van der Waals surface area contributed by atoms with Crippen molar-refractivity contribution in [1.29, 1.82) is 0 Å². The van der Waals surface area contributed by atoms with Crippen LogP contribution in [0.2, 0.25) is 0 Å². The zero-order valence-corrected chi connectivity index (χ0v) is 13.1. The highest BCUT2D eigenvalue weighted by Crippen LogP contribution is 2.17. The molecule has 0 heterocycles. The fourth-order valence-electron chi connectivity index (χ4n) is 1.64. The van der Waals surface area contributed by atoms with Crippen molar-refractivity contribution < 1.29 is 13.3 Å². The van der Waals surface area contributed by atoms with Gasteiger partial charge in [-0.1, -0.05) is 34.1 Å². The third-order valence-corrected chi connectivity index (χ3v) is 6.37. The van der Waals surface area contributed by atoms with Crippen molar-refractivity contribution in [2.75, 3.05) is 19.8 Å². The summed E-state index contributed by atoms with van der Waals surface area (Å²) in [5.41, 5.74) is 0. The summed E-state index contributed by atoms with van der Waals surface area (Å²) >= 11 is 3.54. The Hall–Kier alpha value is -0.203. The maximum atomic E-state index is 5.84. The first-order valence-electron chi connectivity index (χ1n) is 5.87. The summed E-state index contributed by atoms with van der Waals surface area (Å²) in [6, 6.07) is 7.92. The van der Waals surface area contributed by atoms with Crippen LogP contribution < -0.4 is 5.19 Å². The quantitative estimate of drug-likeness (QED) is 0.723. The second kappa shape index (κ2) is 7.28. The lowest BCUT2D eigenvalue weighted by Crippen LogP contribution is -2.57. The molecule has 0 radical (unpaired) electrons. The van der Waals surface area contributed by atoms with Gasteiger partial charge in [-0.3, -0.25) is 0 Å². The van der Waals surface area contributed by atoms with Crippen molar-refractivity contribution in [1.82, 2.24) is 0 Å². The molecular formula is C12H19BrO3Si. The Morgan fingerprint density at radius 2 is 1.41 bits per heavy atom. The van der Waals surface area contributed by atoms with Crippen molar-refractivity contribution >= 4 is 29.9 Å². The van der Waals surface area contributed by atoms with E-state index in [2.05, 4.69) is 15.9 Å². The second-order valence-electron chi connectivity index (χ2n) is 3.34. The van der Waals surface area contributed by atoms with Crippen molar-refractivity contribution in [2.45, 2.75) is 20.8 Å². The smallest absolute Gasteiger partial charge is 0.370 e. The number of hydrogen-bond donors (Lipinski definition) is 0. The van der Waals surface area contributed by atoms with E-state index in [0.717, 1.165) is 9.66 Å². The second-order valence-corrected chi connectivity index (χ2v) is 6.71. The van der Waals surface area contributed by atoms with E-state index in [1.54, 1.807) is 0 Å². The summed E-state index contributed by atoms with van der Waals surface area (Å²) in [4.78, 5) is 0. The van der Waals surface area contributed by atoms with Crippen LogP contribution in [0.25, 0.3) is 0 Å². The largest absolute Gasteiger partial charge is 0.538 e. The molecule has 1 aromatic carbocycles. The zero-order valence-electron chi connectivity index (χ0n) is 10.5. The average molecular weight is 319 g/mol. The predicted molar refractivity (Wildman–Crippen MR) is 74.4 cm³/mol. The summed E-state index contributed by atoms with van der Waals surface area (Å²) in [5.74, 6) is 0. The summed E-state index contributed by atoms with van der Waals surface area (Å²) in [5, 5.41) is 0.991. The van der Waals surface area contributed by atoms with Gasteiger partial charge in [0.05, 0.1) is 0 Å². The Labute approximate surface area is 113 Å². The molecule has 0 fully saturated rings. The lowest BCUT2D eigenvalue weighted by molar-refractivity contribution is 0.0858. The van der Waals surface area contributed by atoms with Crippen LogP contribution in [0, 0.1) is 0 Å². The van der Waals surface area contributed by atoms with Crippen molar-refractivity contribution in [2.24, 2.45) is 0 Å². The molecule has 5 heteroatoms. The molecule has 0 aromatic heterocycles. The molecule has 0 aliphatic rings. The van der Waals surface area contributed by atoms with E-state index >= 15 is 0 Å². The predicted octanol–water partition coefficient (Wildman–Crippen LogP) is 2.70. The van der Waals surface area contributed by atoms with Gasteiger partial charge in [0.2, 0.25) is 0 Å². The topological polar surface area (TPSA) is 27.7 Å². The number of halogens is 1. The molecule has 0 N–H and O–H groups in total. The van der Waals surface area contributed by atoms with E-state index in [4.69, 9.17) is 13.3 Å². The fourth-order valence-corrected chi connectivity index (χ4v) is 5.18. The lowest BCUT2D eigenvalue weighted by Gasteiger charge is -2.29. The summed E-state index contributed by atoms with van der Waals surface area (Å²) in [6.07, 6.45) is 0. The highest BCUT2D eigenvalue weighted by atomic mass is 79.9. The summed E-state index contributed by atoms with van der Waals surface area (Å²) in [6.45, 7) is 7.60. The van der Waals surface area contributed by atoms with E-state index in [9.17, 15) is 0 Å². The molecular weight excluding hydrogens is 300 g/mol. The highest BCUT2D eigenvalue weighted by molar-refractivity contribution is 9.10. The van der Waals surface area contributed by atoms with Crippen LogP contribution in [-0.4, -0.2) is 28.6 Å². The SMILES string of the molecule is CCO[Si](OCC)(OCC)c1ccccc1Br. The molecule has 0 amide bonds. The molecule has 0 saturated carbocycles. The molecule has 96 valence electrons. The molecule has 17 heavy (non-hydrogen) atoms. The van der Waals surface area contributed by atoms with Crippen molar-refractivity contribution in [3.63, 3.8) is 0 Å². The van der Waals surface area contributed by atoms with Gasteiger partial charge >= 0.3 is 8.80 Å². The van der Waals surface area contributed by atoms with Crippen LogP contribution in [0.15, 0.2) is 28.7 Å². The molecule has 0 aliphatic carbocycles. The Bertz CT molecular complexity index is 329. The molecule has 3 nitrogen and oxygen atoms in total. The lowest BCUT2D eigenvalue weighted by atomic mass is 10.4. The van der Waals surface area contributed by atoms with Crippen LogP contribution in [0.5, 0.6) is 0 Å². The normalized spacial score (nSPS) is 11.8. The van der Waals surface area contributed by atoms with Gasteiger partial charge in [0.1, 0.15) is 0 Å². The van der Waals surface area contributed by atoms with Crippen LogP contribution in [-0.2, 0) is 13.3 Å². The van der Waals surface area contributed by atoms with Gasteiger partial charge in [-0.25, -0.2) is 0 Å². The third-order valence-electron chi connectivity index (χ3n) is 2.21. The minimum atomic E-state index is -2.76. The van der Waals surface area contributed by atoms with Crippen LogP contribution >= 0.6 is 15.9 Å². The van der Waals surface area contributed by atoms with Gasteiger partial charge in [0.25, 0.3) is 0 Å². The minimum absolute atomic E-state index is 0.577. The summed E-state index contributed by atoms with van der Waals surface area (Å²) < 4.78 is 18.5. The van der Waals surface area contributed by atoms with Gasteiger partial charge in [-0.15, -0.1) is 0 Å². The van der Waals surface area contributed by atoms with Gasteiger partial charge in [-0.2, -0.15) is 0 Å². The highest BCUT2D eigenvalue weighted by Gasteiger charge is 2.44.